The second-order valence-electron chi connectivity index (χ2n) is 6.29. The van der Waals surface area contributed by atoms with Gasteiger partial charge in [0.1, 0.15) is 11.5 Å². The van der Waals surface area contributed by atoms with E-state index in [1.165, 1.54) is 12.1 Å². The van der Waals surface area contributed by atoms with Gasteiger partial charge in [-0.05, 0) is 62.3 Å². The molecule has 1 aliphatic rings. The second kappa shape index (κ2) is 8.31. The highest BCUT2D eigenvalue weighted by molar-refractivity contribution is 9.10. The maximum Gasteiger partial charge on any atom is 0.418 e. The number of rotatable bonds is 5. The number of anilines is 1. The summed E-state index contributed by atoms with van der Waals surface area (Å²) < 4.78 is 46.4. The molecule has 4 nitrogen and oxygen atoms in total. The van der Waals surface area contributed by atoms with Crippen LogP contribution in [-0.4, -0.2) is 30.4 Å². The van der Waals surface area contributed by atoms with Crippen LogP contribution < -0.4 is 10.1 Å². The number of amides is 1. The van der Waals surface area contributed by atoms with Crippen LogP contribution in [0, 0.1) is 0 Å². The second-order valence-corrected chi connectivity index (χ2v) is 7.21. The van der Waals surface area contributed by atoms with E-state index in [-0.39, 0.29) is 18.0 Å². The van der Waals surface area contributed by atoms with Gasteiger partial charge in [-0.25, -0.2) is 0 Å². The highest BCUT2D eigenvalue weighted by Gasteiger charge is 2.34. The van der Waals surface area contributed by atoms with Crippen LogP contribution >= 0.6 is 15.9 Å². The molecule has 1 aliphatic heterocycles. The van der Waals surface area contributed by atoms with Crippen molar-refractivity contribution in [3.05, 3.63) is 52.5 Å². The van der Waals surface area contributed by atoms with Gasteiger partial charge in [-0.15, -0.1) is 0 Å². The fraction of sp³-hybridized carbons (Fsp3) is 0.316. The minimum absolute atomic E-state index is 0.0785. The first kappa shape index (κ1) is 19.7. The Morgan fingerprint density at radius 2 is 1.70 bits per heavy atom. The van der Waals surface area contributed by atoms with Crippen LogP contribution in [-0.2, 0) is 11.0 Å². The van der Waals surface area contributed by atoms with Gasteiger partial charge in [-0.3, -0.25) is 9.69 Å². The van der Waals surface area contributed by atoms with Crippen LogP contribution in [0.1, 0.15) is 18.4 Å². The van der Waals surface area contributed by atoms with Crippen molar-refractivity contribution in [1.29, 1.82) is 0 Å². The van der Waals surface area contributed by atoms with Crippen LogP contribution in [0.3, 0.4) is 0 Å². The molecule has 8 heteroatoms. The summed E-state index contributed by atoms with van der Waals surface area (Å²) in [6.45, 7) is 1.65. The number of hydrogen-bond donors (Lipinski definition) is 1. The van der Waals surface area contributed by atoms with Gasteiger partial charge in [-0.1, -0.05) is 15.9 Å². The third-order valence-electron chi connectivity index (χ3n) is 4.19. The van der Waals surface area contributed by atoms with E-state index in [2.05, 4.69) is 21.2 Å². The van der Waals surface area contributed by atoms with Crippen molar-refractivity contribution in [1.82, 2.24) is 4.90 Å². The number of nitrogens with zero attached hydrogens (tertiary/aromatic N) is 1. The first-order valence-electron chi connectivity index (χ1n) is 8.48. The molecule has 0 atom stereocenters. The number of hydrogen-bond acceptors (Lipinski definition) is 3. The Kier molecular flexibility index (Phi) is 6.06. The molecule has 0 aromatic heterocycles. The topological polar surface area (TPSA) is 41.6 Å². The molecule has 27 heavy (non-hydrogen) atoms. The molecule has 0 bridgehead atoms. The third-order valence-corrected chi connectivity index (χ3v) is 4.71. The molecule has 2 aromatic rings. The third kappa shape index (κ3) is 5.46. The maximum absolute atomic E-state index is 13.3. The average Bonchev–Trinajstić information content (AvgIpc) is 3.09. The van der Waals surface area contributed by atoms with Crippen molar-refractivity contribution in [2.75, 3.05) is 25.0 Å². The summed E-state index contributed by atoms with van der Waals surface area (Å²) in [6, 6.07) is 10.3. The lowest BCUT2D eigenvalue weighted by atomic mass is 10.1. The number of carbonyl (C=O) groups is 1. The van der Waals surface area contributed by atoms with Crippen LogP contribution in [0.25, 0.3) is 0 Å². The van der Waals surface area contributed by atoms with Gasteiger partial charge in [0.15, 0.2) is 0 Å². The van der Waals surface area contributed by atoms with Gasteiger partial charge in [0.25, 0.3) is 0 Å². The Morgan fingerprint density at radius 1 is 1.07 bits per heavy atom. The highest BCUT2D eigenvalue weighted by atomic mass is 79.9. The van der Waals surface area contributed by atoms with E-state index in [0.29, 0.717) is 5.75 Å². The van der Waals surface area contributed by atoms with Gasteiger partial charge < -0.3 is 10.1 Å². The number of nitrogens with one attached hydrogen (secondary N) is 1. The lowest BCUT2D eigenvalue weighted by molar-refractivity contribution is -0.137. The summed E-state index contributed by atoms with van der Waals surface area (Å²) in [6.07, 6.45) is -2.58. The maximum atomic E-state index is 13.3. The van der Waals surface area contributed by atoms with Crippen LogP contribution in [0.15, 0.2) is 46.9 Å². The molecule has 0 saturated carbocycles. The van der Waals surface area contributed by atoms with Crippen molar-refractivity contribution in [3.63, 3.8) is 0 Å². The van der Waals surface area contributed by atoms with E-state index in [1.807, 2.05) is 4.90 Å². The molecule has 1 fully saturated rings. The Morgan fingerprint density at radius 3 is 2.33 bits per heavy atom. The van der Waals surface area contributed by atoms with E-state index in [0.717, 1.165) is 36.5 Å². The van der Waals surface area contributed by atoms with Gasteiger partial charge in [-0.2, -0.15) is 13.2 Å². The summed E-state index contributed by atoms with van der Waals surface area (Å²) in [4.78, 5) is 14.1. The van der Waals surface area contributed by atoms with Crippen LogP contribution in [0.2, 0.25) is 0 Å². The summed E-state index contributed by atoms with van der Waals surface area (Å²) in [5, 5.41) is 2.39. The van der Waals surface area contributed by atoms with Gasteiger partial charge in [0.05, 0.1) is 17.8 Å². The zero-order chi connectivity index (χ0) is 19.4. The molecule has 0 radical (unpaired) electrons. The van der Waals surface area contributed by atoms with Crippen molar-refractivity contribution in [2.45, 2.75) is 19.0 Å². The van der Waals surface area contributed by atoms with Gasteiger partial charge in [0, 0.05) is 10.5 Å². The molecule has 2 aromatic carbocycles. The number of ether oxygens (including phenoxy) is 1. The number of carbonyl (C=O) groups excluding carboxylic acids is 1. The molecule has 0 spiro atoms. The Labute approximate surface area is 163 Å². The Hall–Kier alpha value is -2.06. The smallest absolute Gasteiger partial charge is 0.418 e. The minimum atomic E-state index is -4.58. The lowest BCUT2D eigenvalue weighted by Crippen LogP contribution is -2.31. The number of alkyl halides is 3. The minimum Gasteiger partial charge on any atom is -0.457 e. The van der Waals surface area contributed by atoms with Crippen molar-refractivity contribution >= 4 is 27.5 Å². The van der Waals surface area contributed by atoms with Crippen molar-refractivity contribution in [3.8, 4) is 11.5 Å². The SMILES string of the molecule is O=C(CN1CCCC1)Nc1cc(Oc2ccc(Br)cc2)ccc1C(F)(F)F. The van der Waals surface area contributed by atoms with Crippen LogP contribution in [0.5, 0.6) is 11.5 Å². The highest BCUT2D eigenvalue weighted by Crippen LogP contribution is 2.37. The van der Waals surface area contributed by atoms with Crippen molar-refractivity contribution < 1.29 is 22.7 Å². The van der Waals surface area contributed by atoms with E-state index < -0.39 is 17.6 Å². The molecule has 0 unspecified atom stereocenters. The standard InChI is InChI=1S/C19H18BrF3N2O2/c20-13-3-5-14(6-4-13)27-15-7-8-16(19(21,22)23)17(11-15)24-18(26)12-25-9-1-2-10-25/h3-8,11H,1-2,9-10,12H2,(H,24,26). The fourth-order valence-corrected chi connectivity index (χ4v) is 3.17. The van der Waals surface area contributed by atoms with Crippen molar-refractivity contribution in [2.24, 2.45) is 0 Å². The zero-order valence-corrected chi connectivity index (χ0v) is 15.9. The monoisotopic (exact) mass is 442 g/mol. The predicted molar refractivity (Wildman–Crippen MR) is 100.0 cm³/mol. The fourth-order valence-electron chi connectivity index (χ4n) is 2.91. The number of halogens is 4. The normalized spacial score (nSPS) is 15.0. The molecule has 3 rings (SSSR count). The van der Waals surface area contributed by atoms with E-state index in [1.54, 1.807) is 24.3 Å². The molecule has 1 N–H and O–H groups in total. The van der Waals surface area contributed by atoms with Gasteiger partial charge in [0.2, 0.25) is 5.91 Å². The number of benzene rings is 2. The number of likely N-dealkylation sites (tertiary alicyclic amines) is 1. The largest absolute Gasteiger partial charge is 0.457 e. The van der Waals surface area contributed by atoms with Gasteiger partial charge >= 0.3 is 6.18 Å². The zero-order valence-electron chi connectivity index (χ0n) is 14.4. The molecular weight excluding hydrogens is 425 g/mol. The quantitative estimate of drug-likeness (QED) is 0.683. The molecule has 0 aliphatic carbocycles. The van der Waals surface area contributed by atoms with E-state index in [4.69, 9.17) is 4.74 Å². The molecular formula is C19H18BrF3N2O2. The molecule has 1 saturated heterocycles. The first-order chi connectivity index (χ1) is 12.8. The Bertz CT molecular complexity index is 804. The van der Waals surface area contributed by atoms with Crippen LogP contribution in [0.4, 0.5) is 18.9 Å². The first-order valence-corrected chi connectivity index (χ1v) is 9.27. The molecule has 144 valence electrons. The van der Waals surface area contributed by atoms with E-state index >= 15 is 0 Å². The summed E-state index contributed by atoms with van der Waals surface area (Å²) >= 11 is 3.30. The van der Waals surface area contributed by atoms with E-state index in [9.17, 15) is 18.0 Å². The average molecular weight is 443 g/mol. The molecule has 1 heterocycles. The Balaban J connectivity index is 1.79. The molecule has 1 amide bonds. The predicted octanol–water partition coefficient (Wildman–Crippen LogP) is 5.29. The summed E-state index contributed by atoms with van der Waals surface area (Å²) in [5.41, 5.74) is -1.21. The lowest BCUT2D eigenvalue weighted by Gasteiger charge is -2.18. The summed E-state index contributed by atoms with van der Waals surface area (Å²) in [7, 11) is 0. The summed E-state index contributed by atoms with van der Waals surface area (Å²) in [5.74, 6) is 0.220.